The molecular formula is C21H17BrN2O. The van der Waals surface area contributed by atoms with Crippen molar-refractivity contribution in [3.05, 3.63) is 59.2 Å². The van der Waals surface area contributed by atoms with Crippen molar-refractivity contribution in [3.63, 3.8) is 0 Å². The second-order valence-corrected chi connectivity index (χ2v) is 7.39. The van der Waals surface area contributed by atoms with Gasteiger partial charge in [0.15, 0.2) is 0 Å². The van der Waals surface area contributed by atoms with E-state index in [9.17, 15) is 0 Å². The van der Waals surface area contributed by atoms with E-state index in [1.807, 2.05) is 24.4 Å². The fourth-order valence-electron chi connectivity index (χ4n) is 3.64. The van der Waals surface area contributed by atoms with Crippen molar-refractivity contribution in [2.24, 2.45) is 0 Å². The zero-order valence-corrected chi connectivity index (χ0v) is 15.3. The number of fused-ring (bicyclic) bond motifs is 3. The molecule has 0 aliphatic carbocycles. The summed E-state index contributed by atoms with van der Waals surface area (Å²) in [7, 11) is 0. The highest BCUT2D eigenvalue weighted by atomic mass is 79.9. The molecule has 3 nitrogen and oxygen atoms in total. The van der Waals surface area contributed by atoms with E-state index in [-0.39, 0.29) is 0 Å². The smallest absolute Gasteiger partial charge is 0.149 e. The normalized spacial score (nSPS) is 14.7. The standard InChI is InChI=1S/C21H17BrN2O/c22-18-12-15(11-17-16-5-1-2-6-19(16)25-21(17)18)14-7-8-20(23-13-14)24-9-3-4-10-24/h1-2,5-8,11-13H,3-4,9-10H2. The first kappa shape index (κ1) is 15.0. The summed E-state index contributed by atoms with van der Waals surface area (Å²) in [6, 6.07) is 16.8. The third kappa shape index (κ3) is 2.52. The van der Waals surface area contributed by atoms with E-state index in [0.717, 1.165) is 56.4 Å². The van der Waals surface area contributed by atoms with Gasteiger partial charge in [0.2, 0.25) is 0 Å². The molecule has 2 aromatic heterocycles. The third-order valence-electron chi connectivity index (χ3n) is 4.94. The lowest BCUT2D eigenvalue weighted by atomic mass is 10.0. The average Bonchev–Trinajstić information content (AvgIpc) is 3.30. The Hall–Kier alpha value is -2.33. The zero-order chi connectivity index (χ0) is 16.8. The lowest BCUT2D eigenvalue weighted by Gasteiger charge is -2.16. The van der Waals surface area contributed by atoms with Crippen LogP contribution in [0.1, 0.15) is 12.8 Å². The van der Waals surface area contributed by atoms with E-state index in [1.54, 1.807) is 0 Å². The van der Waals surface area contributed by atoms with Crippen LogP contribution in [0.5, 0.6) is 0 Å². The van der Waals surface area contributed by atoms with Crippen LogP contribution in [0.3, 0.4) is 0 Å². The molecule has 124 valence electrons. The van der Waals surface area contributed by atoms with Gasteiger partial charge in [-0.25, -0.2) is 4.98 Å². The van der Waals surface area contributed by atoms with E-state index in [0.29, 0.717) is 0 Å². The van der Waals surface area contributed by atoms with Crippen LogP contribution in [0, 0.1) is 0 Å². The Labute approximate surface area is 154 Å². The van der Waals surface area contributed by atoms with Crippen LogP contribution in [0.25, 0.3) is 33.1 Å². The highest BCUT2D eigenvalue weighted by Crippen LogP contribution is 2.37. The Morgan fingerprint density at radius 3 is 2.56 bits per heavy atom. The van der Waals surface area contributed by atoms with Gasteiger partial charge < -0.3 is 9.32 Å². The van der Waals surface area contributed by atoms with Crippen molar-refractivity contribution >= 4 is 43.7 Å². The molecule has 0 N–H and O–H groups in total. The molecule has 1 saturated heterocycles. The first-order valence-electron chi connectivity index (χ1n) is 8.62. The lowest BCUT2D eigenvalue weighted by molar-refractivity contribution is 0.667. The molecule has 4 heteroatoms. The predicted octanol–water partition coefficient (Wildman–Crippen LogP) is 6.01. The molecule has 0 radical (unpaired) electrons. The molecule has 0 spiro atoms. The average molecular weight is 393 g/mol. The van der Waals surface area contributed by atoms with E-state index >= 15 is 0 Å². The molecule has 4 aromatic rings. The monoisotopic (exact) mass is 392 g/mol. The Morgan fingerprint density at radius 2 is 1.76 bits per heavy atom. The van der Waals surface area contributed by atoms with Gasteiger partial charge in [0, 0.05) is 35.6 Å². The molecule has 0 amide bonds. The van der Waals surface area contributed by atoms with Gasteiger partial charge in [-0.1, -0.05) is 18.2 Å². The number of para-hydroxylation sites is 1. The summed E-state index contributed by atoms with van der Waals surface area (Å²) in [5, 5.41) is 2.27. The first-order chi connectivity index (χ1) is 12.3. The molecule has 1 aliphatic rings. The fourth-order valence-corrected chi connectivity index (χ4v) is 4.18. The van der Waals surface area contributed by atoms with Crippen molar-refractivity contribution in [1.29, 1.82) is 0 Å². The minimum atomic E-state index is 0.895. The van der Waals surface area contributed by atoms with Gasteiger partial charge >= 0.3 is 0 Å². The zero-order valence-electron chi connectivity index (χ0n) is 13.7. The molecule has 0 bridgehead atoms. The van der Waals surface area contributed by atoms with Crippen molar-refractivity contribution in [3.8, 4) is 11.1 Å². The maximum absolute atomic E-state index is 5.99. The molecule has 3 heterocycles. The number of furan rings is 1. The maximum atomic E-state index is 5.99. The van der Waals surface area contributed by atoms with Crippen LogP contribution in [0.2, 0.25) is 0 Å². The van der Waals surface area contributed by atoms with E-state index < -0.39 is 0 Å². The quantitative estimate of drug-likeness (QED) is 0.418. The van der Waals surface area contributed by atoms with E-state index in [4.69, 9.17) is 4.42 Å². The summed E-state index contributed by atoms with van der Waals surface area (Å²) in [6.07, 6.45) is 4.50. The predicted molar refractivity (Wildman–Crippen MR) is 106 cm³/mol. The fraction of sp³-hybridized carbons (Fsp3) is 0.190. The third-order valence-corrected chi connectivity index (χ3v) is 5.53. The molecule has 0 atom stereocenters. The highest BCUT2D eigenvalue weighted by molar-refractivity contribution is 9.10. The van der Waals surface area contributed by atoms with Crippen LogP contribution in [0.15, 0.2) is 63.6 Å². The van der Waals surface area contributed by atoms with Crippen molar-refractivity contribution in [2.75, 3.05) is 18.0 Å². The summed E-state index contributed by atoms with van der Waals surface area (Å²) in [6.45, 7) is 2.23. The number of hydrogen-bond donors (Lipinski definition) is 0. The highest BCUT2D eigenvalue weighted by Gasteiger charge is 2.15. The van der Waals surface area contributed by atoms with Gasteiger partial charge in [-0.3, -0.25) is 0 Å². The maximum Gasteiger partial charge on any atom is 0.149 e. The van der Waals surface area contributed by atoms with Crippen LogP contribution in [-0.2, 0) is 0 Å². The molecule has 0 saturated carbocycles. The minimum absolute atomic E-state index is 0.895. The summed E-state index contributed by atoms with van der Waals surface area (Å²) in [4.78, 5) is 7.04. The topological polar surface area (TPSA) is 29.3 Å². The molecule has 1 aliphatic heterocycles. The Morgan fingerprint density at radius 1 is 0.920 bits per heavy atom. The van der Waals surface area contributed by atoms with Gasteiger partial charge in [0.05, 0.1) is 4.47 Å². The Kier molecular flexibility index (Phi) is 3.52. The second kappa shape index (κ2) is 5.88. The lowest BCUT2D eigenvalue weighted by Crippen LogP contribution is -2.18. The Balaban J connectivity index is 1.61. The molecule has 25 heavy (non-hydrogen) atoms. The summed E-state index contributed by atoms with van der Waals surface area (Å²) in [5.41, 5.74) is 4.08. The van der Waals surface area contributed by atoms with Crippen LogP contribution < -0.4 is 4.90 Å². The van der Waals surface area contributed by atoms with E-state index in [1.165, 1.54) is 12.8 Å². The number of anilines is 1. The number of hydrogen-bond acceptors (Lipinski definition) is 3. The van der Waals surface area contributed by atoms with Gasteiger partial charge in [-0.15, -0.1) is 0 Å². The number of rotatable bonds is 2. The molecule has 5 rings (SSSR count). The number of aromatic nitrogens is 1. The summed E-state index contributed by atoms with van der Waals surface area (Å²) in [5.74, 6) is 1.08. The minimum Gasteiger partial charge on any atom is -0.455 e. The molecular weight excluding hydrogens is 376 g/mol. The molecule has 0 unspecified atom stereocenters. The molecule has 2 aromatic carbocycles. The summed E-state index contributed by atoms with van der Waals surface area (Å²) < 4.78 is 6.96. The number of halogens is 1. The number of benzene rings is 2. The second-order valence-electron chi connectivity index (χ2n) is 6.53. The van der Waals surface area contributed by atoms with Crippen LogP contribution in [-0.4, -0.2) is 18.1 Å². The number of pyridine rings is 1. The van der Waals surface area contributed by atoms with Gasteiger partial charge in [-0.05, 0) is 64.7 Å². The largest absolute Gasteiger partial charge is 0.455 e. The SMILES string of the molecule is Brc1cc(-c2ccc(N3CCCC3)nc2)cc2c1oc1ccccc12. The van der Waals surface area contributed by atoms with Gasteiger partial charge in [0.1, 0.15) is 17.0 Å². The van der Waals surface area contributed by atoms with E-state index in [2.05, 4.69) is 56.1 Å². The molecule has 1 fully saturated rings. The van der Waals surface area contributed by atoms with Crippen LogP contribution >= 0.6 is 15.9 Å². The van der Waals surface area contributed by atoms with Gasteiger partial charge in [-0.2, -0.15) is 0 Å². The Bertz CT molecular complexity index is 1060. The van der Waals surface area contributed by atoms with Crippen LogP contribution in [0.4, 0.5) is 5.82 Å². The van der Waals surface area contributed by atoms with Crippen molar-refractivity contribution in [1.82, 2.24) is 4.98 Å². The first-order valence-corrected chi connectivity index (χ1v) is 9.41. The van der Waals surface area contributed by atoms with Crippen molar-refractivity contribution < 1.29 is 4.42 Å². The van der Waals surface area contributed by atoms with Crippen molar-refractivity contribution in [2.45, 2.75) is 12.8 Å². The summed E-state index contributed by atoms with van der Waals surface area (Å²) >= 11 is 3.67. The van der Waals surface area contributed by atoms with Gasteiger partial charge in [0.25, 0.3) is 0 Å². The number of nitrogens with zero attached hydrogens (tertiary/aromatic N) is 2.